The van der Waals surface area contributed by atoms with E-state index in [9.17, 15) is 8.42 Å². The summed E-state index contributed by atoms with van der Waals surface area (Å²) < 4.78 is 44.5. The zero-order valence-electron chi connectivity index (χ0n) is 22.7. The van der Waals surface area contributed by atoms with Gasteiger partial charge in [-0.15, -0.1) is 0 Å². The van der Waals surface area contributed by atoms with Gasteiger partial charge in [0.05, 0.1) is 27.5 Å². The Balaban J connectivity index is 2.27. The maximum atomic E-state index is 13.5. The second kappa shape index (κ2) is 11.9. The Morgan fingerprint density at radius 3 is 1.91 bits per heavy atom. The van der Waals surface area contributed by atoms with Gasteiger partial charge in [-0.05, 0) is 84.1 Å². The summed E-state index contributed by atoms with van der Waals surface area (Å²) in [7, 11) is -3.59. The van der Waals surface area contributed by atoms with Crippen LogP contribution in [0.4, 0.5) is 0 Å². The molecule has 5 nitrogen and oxygen atoms in total. The highest BCUT2D eigenvalue weighted by Gasteiger charge is 2.43. The fourth-order valence-corrected chi connectivity index (χ4v) is 5.40. The first-order chi connectivity index (χ1) is 16.2. The summed E-state index contributed by atoms with van der Waals surface area (Å²) in [6, 6.07) is 18.2. The average Bonchev–Trinajstić information content (AvgIpc) is 2.77. The molecule has 6 heteroatoms. The Morgan fingerprint density at radius 1 is 0.829 bits per heavy atom. The molecule has 2 aromatic carbocycles. The maximum Gasteiger partial charge on any atom is 0.183 e. The largest absolute Gasteiger partial charge is 0.491 e. The Hall–Kier alpha value is -1.89. The predicted molar refractivity (Wildman–Crippen MR) is 143 cm³/mol. The minimum Gasteiger partial charge on any atom is -0.491 e. The van der Waals surface area contributed by atoms with E-state index in [-0.39, 0.29) is 18.1 Å². The Bertz CT molecular complexity index is 996. The molecule has 0 spiro atoms. The van der Waals surface area contributed by atoms with Crippen LogP contribution >= 0.6 is 0 Å². The number of para-hydroxylation sites is 1. The molecule has 0 saturated heterocycles. The summed E-state index contributed by atoms with van der Waals surface area (Å²) in [5, 5.41) is 0. The molecule has 2 aromatic rings. The van der Waals surface area contributed by atoms with Crippen molar-refractivity contribution < 1.29 is 22.6 Å². The van der Waals surface area contributed by atoms with Crippen molar-refractivity contribution >= 4 is 9.84 Å². The van der Waals surface area contributed by atoms with Crippen molar-refractivity contribution in [1.82, 2.24) is 0 Å². The molecule has 0 heterocycles. The molecule has 0 aromatic heterocycles. The van der Waals surface area contributed by atoms with Crippen LogP contribution in [0.5, 0.6) is 5.75 Å². The lowest BCUT2D eigenvalue weighted by Crippen LogP contribution is -2.48. The topological polar surface area (TPSA) is 61.8 Å². The third kappa shape index (κ3) is 8.06. The van der Waals surface area contributed by atoms with E-state index in [1.807, 2.05) is 50.2 Å². The van der Waals surface area contributed by atoms with E-state index in [2.05, 4.69) is 27.7 Å². The molecule has 0 bridgehead atoms. The molecule has 0 aliphatic carbocycles. The van der Waals surface area contributed by atoms with Crippen LogP contribution in [-0.4, -0.2) is 44.2 Å². The van der Waals surface area contributed by atoms with Gasteiger partial charge in [-0.1, -0.05) is 50.2 Å². The third-order valence-electron chi connectivity index (χ3n) is 6.95. The van der Waals surface area contributed by atoms with Gasteiger partial charge < -0.3 is 14.2 Å². The van der Waals surface area contributed by atoms with Crippen LogP contribution in [0.2, 0.25) is 0 Å². The minimum atomic E-state index is -3.59. The molecule has 0 saturated carbocycles. The van der Waals surface area contributed by atoms with Crippen molar-refractivity contribution in [3.63, 3.8) is 0 Å². The van der Waals surface area contributed by atoms with Crippen molar-refractivity contribution in [3.05, 3.63) is 60.7 Å². The molecule has 196 valence electrons. The first-order valence-corrected chi connectivity index (χ1v) is 13.9. The molecular weight excluding hydrogens is 460 g/mol. The lowest BCUT2D eigenvalue weighted by molar-refractivity contribution is -0.155. The van der Waals surface area contributed by atoms with Crippen molar-refractivity contribution in [3.8, 4) is 5.75 Å². The van der Waals surface area contributed by atoms with E-state index in [0.29, 0.717) is 17.9 Å². The van der Waals surface area contributed by atoms with Gasteiger partial charge in [0.15, 0.2) is 9.84 Å². The molecule has 35 heavy (non-hydrogen) atoms. The summed E-state index contributed by atoms with van der Waals surface area (Å²) >= 11 is 0. The van der Waals surface area contributed by atoms with Crippen LogP contribution in [0, 0.1) is 5.41 Å². The fraction of sp³-hybridized carbons (Fsp3) is 0.586. The molecule has 0 fully saturated rings. The Kier molecular flexibility index (Phi) is 9.97. The van der Waals surface area contributed by atoms with Gasteiger partial charge in [0, 0.05) is 6.61 Å². The molecule has 0 amide bonds. The van der Waals surface area contributed by atoms with Gasteiger partial charge in [-0.3, -0.25) is 0 Å². The standard InChI is InChI=1S/C29H44O5S/c1-23(2)32-20-19-27(3,4)29(7,8)34-25(22-33-24-15-11-9-12-16-24)21-28(5,6)35(30,31)26-17-13-10-14-18-26/h9-18,23,25H,19-22H2,1-8H3. The van der Waals surface area contributed by atoms with Crippen LogP contribution < -0.4 is 4.74 Å². The molecule has 1 atom stereocenters. The van der Waals surface area contributed by atoms with Crippen LogP contribution in [-0.2, 0) is 19.3 Å². The SMILES string of the molecule is CC(C)OCCC(C)(C)C(C)(C)OC(COc1ccccc1)CC(C)(C)S(=O)(=O)c1ccccc1. The second-order valence-electron chi connectivity index (χ2n) is 11.2. The minimum absolute atomic E-state index is 0.172. The summed E-state index contributed by atoms with van der Waals surface area (Å²) in [5.74, 6) is 0.729. The lowest BCUT2D eigenvalue weighted by Gasteiger charge is -2.44. The number of hydrogen-bond donors (Lipinski definition) is 0. The summed E-state index contributed by atoms with van der Waals surface area (Å²) in [6.07, 6.45) is 0.838. The van der Waals surface area contributed by atoms with E-state index < -0.39 is 26.3 Å². The number of ether oxygens (including phenoxy) is 3. The van der Waals surface area contributed by atoms with Crippen LogP contribution in [0.15, 0.2) is 65.6 Å². The van der Waals surface area contributed by atoms with E-state index in [0.717, 1.165) is 12.2 Å². The number of benzene rings is 2. The number of rotatable bonds is 14. The predicted octanol–water partition coefficient (Wildman–Crippen LogP) is 6.71. The van der Waals surface area contributed by atoms with Crippen LogP contribution in [0.25, 0.3) is 0 Å². The van der Waals surface area contributed by atoms with Gasteiger partial charge in [0.1, 0.15) is 12.4 Å². The van der Waals surface area contributed by atoms with Crippen LogP contribution in [0.1, 0.15) is 68.2 Å². The zero-order valence-corrected chi connectivity index (χ0v) is 23.5. The first-order valence-electron chi connectivity index (χ1n) is 12.4. The molecule has 2 rings (SSSR count). The highest BCUT2D eigenvalue weighted by Crippen LogP contribution is 2.40. The lowest BCUT2D eigenvalue weighted by atomic mass is 9.74. The second-order valence-corrected chi connectivity index (χ2v) is 13.8. The van der Waals surface area contributed by atoms with Crippen molar-refractivity contribution in [2.24, 2.45) is 5.41 Å². The van der Waals surface area contributed by atoms with Crippen LogP contribution in [0.3, 0.4) is 0 Å². The van der Waals surface area contributed by atoms with Gasteiger partial charge in [-0.25, -0.2) is 8.42 Å². The molecule has 0 aliphatic heterocycles. The first kappa shape index (κ1) is 29.3. The molecule has 0 N–H and O–H groups in total. The summed E-state index contributed by atoms with van der Waals surface area (Å²) in [6.45, 7) is 16.9. The van der Waals surface area contributed by atoms with Crippen molar-refractivity contribution in [1.29, 1.82) is 0 Å². The monoisotopic (exact) mass is 504 g/mol. The van der Waals surface area contributed by atoms with E-state index in [4.69, 9.17) is 14.2 Å². The molecule has 0 radical (unpaired) electrons. The van der Waals surface area contributed by atoms with E-state index >= 15 is 0 Å². The van der Waals surface area contributed by atoms with Gasteiger partial charge >= 0.3 is 0 Å². The zero-order chi connectivity index (χ0) is 26.3. The quantitative estimate of drug-likeness (QED) is 0.286. The molecule has 1 unspecified atom stereocenters. The number of sulfone groups is 1. The number of hydrogen-bond acceptors (Lipinski definition) is 5. The van der Waals surface area contributed by atoms with Gasteiger partial charge in [-0.2, -0.15) is 0 Å². The fourth-order valence-electron chi connectivity index (χ4n) is 3.84. The molecule has 0 aliphatic rings. The average molecular weight is 505 g/mol. The highest BCUT2D eigenvalue weighted by atomic mass is 32.2. The summed E-state index contributed by atoms with van der Waals surface area (Å²) in [5.41, 5.74) is -0.764. The van der Waals surface area contributed by atoms with Gasteiger partial charge in [0.2, 0.25) is 0 Å². The normalized spacial score (nSPS) is 14.2. The maximum absolute atomic E-state index is 13.5. The Labute approximate surface area is 213 Å². The van der Waals surface area contributed by atoms with Crippen molar-refractivity contribution in [2.45, 2.75) is 95.7 Å². The Morgan fingerprint density at radius 2 is 1.37 bits per heavy atom. The van der Waals surface area contributed by atoms with E-state index in [1.54, 1.807) is 38.1 Å². The van der Waals surface area contributed by atoms with E-state index in [1.165, 1.54) is 0 Å². The summed E-state index contributed by atoms with van der Waals surface area (Å²) in [4.78, 5) is 0.318. The van der Waals surface area contributed by atoms with Crippen molar-refractivity contribution in [2.75, 3.05) is 13.2 Å². The van der Waals surface area contributed by atoms with Gasteiger partial charge in [0.25, 0.3) is 0 Å². The third-order valence-corrected chi connectivity index (χ3v) is 9.46. The molecular formula is C29H44O5S. The highest BCUT2D eigenvalue weighted by molar-refractivity contribution is 7.92. The smallest absolute Gasteiger partial charge is 0.183 e.